The van der Waals surface area contributed by atoms with Gasteiger partial charge in [0.15, 0.2) is 5.78 Å². The smallest absolute Gasteiger partial charge is 0.339 e. The topological polar surface area (TPSA) is 52.6 Å². The van der Waals surface area contributed by atoms with Crippen molar-refractivity contribution in [1.29, 1.82) is 0 Å². The summed E-state index contributed by atoms with van der Waals surface area (Å²) in [6, 6.07) is 12.5. The van der Waals surface area contributed by atoms with E-state index in [0.29, 0.717) is 11.1 Å². The van der Waals surface area contributed by atoms with Gasteiger partial charge in [-0.05, 0) is 36.8 Å². The molecule has 0 bridgehead atoms. The Morgan fingerprint density at radius 1 is 1.23 bits per heavy atom. The van der Waals surface area contributed by atoms with E-state index in [1.165, 1.54) is 0 Å². The van der Waals surface area contributed by atoms with Crippen LogP contribution < -0.4 is 4.74 Å². The van der Waals surface area contributed by atoms with Gasteiger partial charge in [-0.1, -0.05) is 18.2 Å². The third-order valence-electron chi connectivity index (χ3n) is 3.86. The predicted octanol–water partition coefficient (Wildman–Crippen LogP) is 3.49. The number of hydrogen-bond donors (Lipinski definition) is 0. The zero-order valence-electron chi connectivity index (χ0n) is 12.5. The molecule has 0 N–H and O–H groups in total. The molecule has 2 aromatic carbocycles. The number of benzene rings is 2. The van der Waals surface area contributed by atoms with Crippen molar-refractivity contribution >= 4 is 11.8 Å². The summed E-state index contributed by atoms with van der Waals surface area (Å²) in [6.07, 6.45) is -0.354. The van der Waals surface area contributed by atoms with E-state index in [4.69, 9.17) is 9.47 Å². The molecule has 0 spiro atoms. The van der Waals surface area contributed by atoms with E-state index in [1.54, 1.807) is 37.4 Å². The van der Waals surface area contributed by atoms with E-state index >= 15 is 0 Å². The van der Waals surface area contributed by atoms with Crippen LogP contribution in [-0.2, 0) is 4.74 Å². The van der Waals surface area contributed by atoms with Crippen molar-refractivity contribution in [2.75, 3.05) is 7.11 Å². The van der Waals surface area contributed by atoms with E-state index in [9.17, 15) is 9.59 Å². The predicted molar refractivity (Wildman–Crippen MR) is 81.3 cm³/mol. The number of ether oxygens (including phenoxy) is 2. The van der Waals surface area contributed by atoms with Gasteiger partial charge in [-0.15, -0.1) is 0 Å². The Hall–Kier alpha value is -2.62. The minimum absolute atomic E-state index is 0.0553. The van der Waals surface area contributed by atoms with E-state index in [-0.39, 0.29) is 18.2 Å². The molecule has 1 aliphatic heterocycles. The number of fused-ring (bicyclic) bond motifs is 1. The van der Waals surface area contributed by atoms with Crippen LogP contribution in [0.5, 0.6) is 5.75 Å². The van der Waals surface area contributed by atoms with Crippen molar-refractivity contribution in [2.45, 2.75) is 19.4 Å². The summed E-state index contributed by atoms with van der Waals surface area (Å²) in [7, 11) is 1.60. The van der Waals surface area contributed by atoms with Gasteiger partial charge >= 0.3 is 5.97 Å². The van der Waals surface area contributed by atoms with E-state index in [1.807, 2.05) is 19.1 Å². The number of carbonyl (C=O) groups excluding carboxylic acids is 2. The fourth-order valence-electron chi connectivity index (χ4n) is 2.71. The number of Topliss-reactive ketones (excluding diaryl/α,β-unsaturated/α-hetero) is 1. The monoisotopic (exact) mass is 296 g/mol. The summed E-state index contributed by atoms with van der Waals surface area (Å²) in [6.45, 7) is 1.89. The van der Waals surface area contributed by atoms with Gasteiger partial charge in [-0.3, -0.25) is 4.79 Å². The van der Waals surface area contributed by atoms with Gasteiger partial charge in [0.05, 0.1) is 19.1 Å². The molecule has 1 aliphatic rings. The first-order valence-electron chi connectivity index (χ1n) is 7.08. The largest absolute Gasteiger partial charge is 0.496 e. The molecule has 1 atom stereocenters. The molecule has 0 fully saturated rings. The van der Waals surface area contributed by atoms with Gasteiger partial charge in [0, 0.05) is 11.1 Å². The maximum absolute atomic E-state index is 12.4. The lowest BCUT2D eigenvalue weighted by Gasteiger charge is -2.11. The minimum Gasteiger partial charge on any atom is -0.496 e. The molecule has 0 aromatic heterocycles. The Balaban J connectivity index is 1.81. The molecule has 0 saturated carbocycles. The van der Waals surface area contributed by atoms with Crippen LogP contribution in [0.25, 0.3) is 0 Å². The molecule has 4 nitrogen and oxygen atoms in total. The second kappa shape index (κ2) is 5.64. The molecule has 3 rings (SSSR count). The Morgan fingerprint density at radius 2 is 2.00 bits per heavy atom. The average molecular weight is 296 g/mol. The van der Waals surface area contributed by atoms with Crippen LogP contribution in [0.1, 0.15) is 44.4 Å². The number of rotatable bonds is 4. The molecular formula is C18H16O4. The van der Waals surface area contributed by atoms with Crippen LogP contribution in [0.2, 0.25) is 0 Å². The number of ketones is 1. The third kappa shape index (κ3) is 2.48. The molecule has 2 aromatic rings. The van der Waals surface area contributed by atoms with E-state index < -0.39 is 6.10 Å². The highest BCUT2D eigenvalue weighted by Gasteiger charge is 2.32. The number of esters is 1. The average Bonchev–Trinajstić information content (AvgIpc) is 2.84. The molecule has 1 unspecified atom stereocenters. The molecule has 1 heterocycles. The van der Waals surface area contributed by atoms with Gasteiger partial charge in [0.25, 0.3) is 0 Å². The lowest BCUT2D eigenvalue weighted by atomic mass is 9.98. The summed E-state index contributed by atoms with van der Waals surface area (Å²) in [4.78, 5) is 24.2. The highest BCUT2D eigenvalue weighted by molar-refractivity contribution is 5.99. The molecule has 0 amide bonds. The van der Waals surface area contributed by atoms with Crippen LogP contribution in [0.4, 0.5) is 0 Å². The number of methoxy groups -OCH3 is 1. The number of cyclic esters (lactones) is 1. The van der Waals surface area contributed by atoms with Crippen molar-refractivity contribution in [3.05, 3.63) is 64.7 Å². The highest BCUT2D eigenvalue weighted by Crippen LogP contribution is 2.34. The molecule has 0 saturated heterocycles. The van der Waals surface area contributed by atoms with Gasteiger partial charge < -0.3 is 9.47 Å². The molecule has 0 radical (unpaired) electrons. The molecular weight excluding hydrogens is 280 g/mol. The van der Waals surface area contributed by atoms with E-state index in [0.717, 1.165) is 16.9 Å². The summed E-state index contributed by atoms with van der Waals surface area (Å²) >= 11 is 0. The lowest BCUT2D eigenvalue weighted by molar-refractivity contribution is 0.0367. The first-order chi connectivity index (χ1) is 10.6. The summed E-state index contributed by atoms with van der Waals surface area (Å²) in [5.74, 6) is 0.328. The molecule has 4 heteroatoms. The fraction of sp³-hybridized carbons (Fsp3) is 0.222. The van der Waals surface area contributed by atoms with Gasteiger partial charge in [-0.2, -0.15) is 0 Å². The number of aryl methyl sites for hydroxylation is 1. The van der Waals surface area contributed by atoms with Crippen LogP contribution in [-0.4, -0.2) is 18.9 Å². The number of carbonyl (C=O) groups is 2. The van der Waals surface area contributed by atoms with Crippen LogP contribution in [0, 0.1) is 6.92 Å². The zero-order chi connectivity index (χ0) is 15.7. The highest BCUT2D eigenvalue weighted by atomic mass is 16.5. The second-order valence-electron chi connectivity index (χ2n) is 5.29. The van der Waals surface area contributed by atoms with Crippen LogP contribution >= 0.6 is 0 Å². The van der Waals surface area contributed by atoms with Crippen molar-refractivity contribution < 1.29 is 19.1 Å². The second-order valence-corrected chi connectivity index (χ2v) is 5.29. The van der Waals surface area contributed by atoms with Gasteiger partial charge in [-0.25, -0.2) is 4.79 Å². The Labute approximate surface area is 128 Å². The third-order valence-corrected chi connectivity index (χ3v) is 3.86. The van der Waals surface area contributed by atoms with Crippen molar-refractivity contribution in [2.24, 2.45) is 0 Å². The Morgan fingerprint density at radius 3 is 2.73 bits per heavy atom. The molecule has 112 valence electrons. The Bertz CT molecular complexity index is 749. The van der Waals surface area contributed by atoms with Crippen molar-refractivity contribution in [1.82, 2.24) is 0 Å². The standard InChI is InChI=1S/C18H16O4/c1-11-9-12(7-8-16(11)21-2)15(19)10-17-13-5-3-4-6-14(13)18(20)22-17/h3-9,17H,10H2,1-2H3. The molecule has 22 heavy (non-hydrogen) atoms. The summed E-state index contributed by atoms with van der Waals surface area (Å²) < 4.78 is 10.5. The van der Waals surface area contributed by atoms with Gasteiger partial charge in [0.2, 0.25) is 0 Å². The normalized spacial score (nSPS) is 16.1. The quantitative estimate of drug-likeness (QED) is 0.640. The lowest BCUT2D eigenvalue weighted by Crippen LogP contribution is -2.08. The van der Waals surface area contributed by atoms with E-state index in [2.05, 4.69) is 0 Å². The van der Waals surface area contributed by atoms with Crippen molar-refractivity contribution in [3.63, 3.8) is 0 Å². The maximum atomic E-state index is 12.4. The van der Waals surface area contributed by atoms with Crippen LogP contribution in [0.15, 0.2) is 42.5 Å². The maximum Gasteiger partial charge on any atom is 0.339 e. The summed E-state index contributed by atoms with van der Waals surface area (Å²) in [5, 5.41) is 0. The Kier molecular flexibility index (Phi) is 3.67. The minimum atomic E-state index is -0.501. The zero-order valence-corrected chi connectivity index (χ0v) is 12.5. The first kappa shape index (κ1) is 14.3. The summed E-state index contributed by atoms with van der Waals surface area (Å²) in [5.41, 5.74) is 2.83. The van der Waals surface area contributed by atoms with Gasteiger partial charge in [0.1, 0.15) is 11.9 Å². The number of hydrogen-bond acceptors (Lipinski definition) is 4. The SMILES string of the molecule is COc1ccc(C(=O)CC2OC(=O)c3ccccc32)cc1C. The van der Waals surface area contributed by atoms with Crippen LogP contribution in [0.3, 0.4) is 0 Å². The first-order valence-corrected chi connectivity index (χ1v) is 7.08. The van der Waals surface area contributed by atoms with Crippen molar-refractivity contribution in [3.8, 4) is 5.75 Å². The molecule has 0 aliphatic carbocycles. The fourth-order valence-corrected chi connectivity index (χ4v) is 2.71.